The number of ether oxygens (including phenoxy) is 2. The van der Waals surface area contributed by atoms with Gasteiger partial charge in [-0.05, 0) is 56.1 Å². The van der Waals surface area contributed by atoms with Gasteiger partial charge < -0.3 is 20.1 Å². The number of fused-ring (bicyclic) bond motifs is 2. The number of aromatic nitrogens is 5. The fourth-order valence-electron chi connectivity index (χ4n) is 4.51. The molecule has 2 aliphatic heterocycles. The van der Waals surface area contributed by atoms with Gasteiger partial charge in [-0.3, -0.25) is 4.79 Å². The minimum atomic E-state index is -0.144. The van der Waals surface area contributed by atoms with Crippen molar-refractivity contribution in [3.8, 4) is 11.6 Å². The minimum absolute atomic E-state index is 0.00280. The summed E-state index contributed by atoms with van der Waals surface area (Å²) in [4.78, 5) is 26.8. The molecule has 0 bridgehead atoms. The van der Waals surface area contributed by atoms with Gasteiger partial charge in [0.2, 0.25) is 11.8 Å². The third-order valence-corrected chi connectivity index (χ3v) is 6.32. The van der Waals surface area contributed by atoms with Crippen LogP contribution in [0.1, 0.15) is 31.0 Å². The predicted octanol–water partition coefficient (Wildman–Crippen LogP) is 2.73. The first-order chi connectivity index (χ1) is 17.1. The molecule has 0 radical (unpaired) electrons. The second kappa shape index (κ2) is 8.79. The Morgan fingerprint density at radius 1 is 1.17 bits per heavy atom. The number of hydrogen-bond acceptors (Lipinski definition) is 8. The summed E-state index contributed by atoms with van der Waals surface area (Å²) < 4.78 is 14.6. The van der Waals surface area contributed by atoms with Crippen molar-refractivity contribution in [2.24, 2.45) is 0 Å². The lowest BCUT2D eigenvalue weighted by atomic mass is 10.0. The quantitative estimate of drug-likeness (QED) is 0.440. The lowest BCUT2D eigenvalue weighted by molar-refractivity contribution is -0.0813. The molecule has 5 heterocycles. The Morgan fingerprint density at radius 3 is 2.86 bits per heavy atom. The van der Waals surface area contributed by atoms with Gasteiger partial charge in [-0.25, -0.2) is 19.3 Å². The second-order valence-corrected chi connectivity index (χ2v) is 9.15. The van der Waals surface area contributed by atoms with E-state index in [9.17, 15) is 4.79 Å². The summed E-state index contributed by atoms with van der Waals surface area (Å²) in [6, 6.07) is 9.87. The molecule has 0 unspecified atom stereocenters. The first-order valence-electron chi connectivity index (χ1n) is 11.9. The van der Waals surface area contributed by atoms with E-state index in [4.69, 9.17) is 14.5 Å². The molecule has 2 N–H and O–H groups in total. The summed E-state index contributed by atoms with van der Waals surface area (Å²) in [5.41, 5.74) is 4.66. The number of anilines is 2. The zero-order chi connectivity index (χ0) is 23.9. The van der Waals surface area contributed by atoms with Gasteiger partial charge in [0.05, 0.1) is 18.9 Å². The summed E-state index contributed by atoms with van der Waals surface area (Å²) in [6.45, 7) is 6.90. The molecule has 2 aliphatic rings. The predicted molar refractivity (Wildman–Crippen MR) is 132 cm³/mol. The van der Waals surface area contributed by atoms with Gasteiger partial charge in [0.1, 0.15) is 11.5 Å². The molecule has 0 saturated carbocycles. The topological polar surface area (TPSA) is 108 Å². The van der Waals surface area contributed by atoms with Crippen LogP contribution >= 0.6 is 0 Å². The van der Waals surface area contributed by atoms with Crippen LogP contribution in [-0.4, -0.2) is 50.2 Å². The molecule has 10 heteroatoms. The molecule has 0 atom stereocenters. The Hall–Kier alpha value is -3.76. The molecular weight excluding hydrogens is 446 g/mol. The fraction of sp³-hybridized carbons (Fsp3) is 0.360. The lowest BCUT2D eigenvalue weighted by Crippen LogP contribution is -2.38. The highest BCUT2D eigenvalue weighted by Crippen LogP contribution is 2.25. The number of rotatable bonds is 6. The van der Waals surface area contributed by atoms with Crippen molar-refractivity contribution in [3.63, 3.8) is 0 Å². The highest BCUT2D eigenvalue weighted by Gasteiger charge is 2.23. The van der Waals surface area contributed by atoms with Crippen molar-refractivity contribution in [2.75, 3.05) is 25.1 Å². The van der Waals surface area contributed by atoms with Gasteiger partial charge in [0.15, 0.2) is 5.65 Å². The van der Waals surface area contributed by atoms with E-state index in [0.717, 1.165) is 30.9 Å². The molecular formula is C25H27N7O3. The molecule has 0 aliphatic carbocycles. The standard InChI is InChI=1S/C25H27N7O3/c1-15(2)31-24(33)21-12-28-25(29-18-4-3-17-11-26-7-5-16(17)9-18)30-23(21)32(31)19-6-8-27-22(10-19)35-20-13-34-14-20/h3-4,6,8-10,12,15,20,26H,5,7,11,13-14H2,1-2H3,(H,28,29,30). The molecule has 0 amide bonds. The zero-order valence-corrected chi connectivity index (χ0v) is 19.7. The monoisotopic (exact) mass is 473 g/mol. The zero-order valence-electron chi connectivity index (χ0n) is 19.7. The van der Waals surface area contributed by atoms with Crippen molar-refractivity contribution >= 4 is 22.7 Å². The Kier molecular flexibility index (Phi) is 5.46. The Balaban J connectivity index is 1.41. The number of hydrogen-bond donors (Lipinski definition) is 2. The molecule has 180 valence electrons. The minimum Gasteiger partial charge on any atom is -0.469 e. The van der Waals surface area contributed by atoms with E-state index in [0.29, 0.717) is 36.1 Å². The van der Waals surface area contributed by atoms with Crippen LogP contribution in [-0.2, 0) is 17.7 Å². The van der Waals surface area contributed by atoms with E-state index in [-0.39, 0.29) is 17.7 Å². The fourth-order valence-corrected chi connectivity index (χ4v) is 4.51. The molecule has 35 heavy (non-hydrogen) atoms. The highest BCUT2D eigenvalue weighted by molar-refractivity contribution is 5.77. The second-order valence-electron chi connectivity index (χ2n) is 9.15. The summed E-state index contributed by atoms with van der Waals surface area (Å²) in [5.74, 6) is 0.912. The van der Waals surface area contributed by atoms with Gasteiger partial charge in [-0.1, -0.05) is 6.07 Å². The maximum absolute atomic E-state index is 13.3. The first-order valence-corrected chi connectivity index (χ1v) is 11.9. The first kappa shape index (κ1) is 21.8. The average molecular weight is 474 g/mol. The summed E-state index contributed by atoms with van der Waals surface area (Å²) in [6.07, 6.45) is 4.25. The van der Waals surface area contributed by atoms with E-state index < -0.39 is 0 Å². The molecule has 3 aromatic heterocycles. The molecule has 6 rings (SSSR count). The van der Waals surface area contributed by atoms with E-state index in [2.05, 4.69) is 32.7 Å². The molecule has 4 aromatic rings. The van der Waals surface area contributed by atoms with Gasteiger partial charge in [0, 0.05) is 36.7 Å². The van der Waals surface area contributed by atoms with Crippen LogP contribution in [0.2, 0.25) is 0 Å². The van der Waals surface area contributed by atoms with Gasteiger partial charge in [0.25, 0.3) is 5.56 Å². The van der Waals surface area contributed by atoms with Crippen LogP contribution in [0.4, 0.5) is 11.6 Å². The average Bonchev–Trinajstić information content (AvgIpc) is 3.13. The Labute approximate surface area is 201 Å². The maximum atomic E-state index is 13.3. The molecule has 1 aromatic carbocycles. The number of benzene rings is 1. The van der Waals surface area contributed by atoms with Crippen LogP contribution in [0.5, 0.6) is 5.88 Å². The molecule has 1 fully saturated rings. The Bertz CT molecular complexity index is 1460. The van der Waals surface area contributed by atoms with Crippen molar-refractivity contribution in [1.29, 1.82) is 0 Å². The summed E-state index contributed by atoms with van der Waals surface area (Å²) in [5, 5.41) is 7.16. The van der Waals surface area contributed by atoms with Crippen LogP contribution in [0, 0.1) is 0 Å². The number of nitrogens with one attached hydrogen (secondary N) is 2. The highest BCUT2D eigenvalue weighted by atomic mass is 16.6. The number of pyridine rings is 1. The lowest BCUT2D eigenvalue weighted by Gasteiger charge is -2.26. The third-order valence-electron chi connectivity index (χ3n) is 6.32. The SMILES string of the molecule is CC(C)n1c(=O)c2cnc(Nc3ccc4c(c3)CCNC4)nc2n1-c1ccnc(OC2COC2)c1. The normalized spacial score (nSPS) is 15.7. The van der Waals surface area contributed by atoms with E-state index in [1.54, 1.807) is 17.1 Å². The van der Waals surface area contributed by atoms with Crippen molar-refractivity contribution < 1.29 is 9.47 Å². The molecule has 10 nitrogen and oxygen atoms in total. The van der Waals surface area contributed by atoms with Crippen molar-refractivity contribution in [3.05, 3.63) is 64.2 Å². The van der Waals surface area contributed by atoms with Gasteiger partial charge in [-0.15, -0.1) is 0 Å². The van der Waals surface area contributed by atoms with Crippen LogP contribution in [0.15, 0.2) is 47.5 Å². The largest absolute Gasteiger partial charge is 0.469 e. The van der Waals surface area contributed by atoms with Crippen molar-refractivity contribution in [1.82, 2.24) is 29.6 Å². The van der Waals surface area contributed by atoms with E-state index in [1.165, 1.54) is 11.1 Å². The summed E-state index contributed by atoms with van der Waals surface area (Å²) >= 11 is 0. The maximum Gasteiger partial charge on any atom is 0.278 e. The number of nitrogens with zero attached hydrogens (tertiary/aromatic N) is 5. The van der Waals surface area contributed by atoms with Gasteiger partial charge in [-0.2, -0.15) is 4.98 Å². The van der Waals surface area contributed by atoms with Crippen LogP contribution in [0.25, 0.3) is 16.7 Å². The Morgan fingerprint density at radius 2 is 2.06 bits per heavy atom. The van der Waals surface area contributed by atoms with E-state index >= 15 is 0 Å². The van der Waals surface area contributed by atoms with E-state index in [1.807, 2.05) is 36.7 Å². The van der Waals surface area contributed by atoms with Crippen LogP contribution in [0.3, 0.4) is 0 Å². The van der Waals surface area contributed by atoms with Crippen LogP contribution < -0.4 is 20.9 Å². The summed E-state index contributed by atoms with van der Waals surface area (Å²) in [7, 11) is 0. The smallest absolute Gasteiger partial charge is 0.278 e. The third kappa shape index (κ3) is 4.04. The molecule has 0 spiro atoms. The van der Waals surface area contributed by atoms with Crippen molar-refractivity contribution in [2.45, 2.75) is 39.0 Å². The molecule has 1 saturated heterocycles. The van der Waals surface area contributed by atoms with Gasteiger partial charge >= 0.3 is 0 Å².